The van der Waals surface area contributed by atoms with Crippen molar-refractivity contribution in [3.05, 3.63) is 0 Å². The number of nitrogens with one attached hydrogen (secondary N) is 3. The first-order valence-electron chi connectivity index (χ1n) is 5.40. The maximum atomic E-state index is 11.5. The van der Waals surface area contributed by atoms with Gasteiger partial charge in [-0.05, 0) is 27.7 Å². The van der Waals surface area contributed by atoms with E-state index in [-0.39, 0.29) is 11.9 Å². The molecule has 4 amide bonds. The second-order valence-electron chi connectivity index (χ2n) is 4.13. The van der Waals surface area contributed by atoms with E-state index in [2.05, 4.69) is 10.6 Å². The van der Waals surface area contributed by atoms with Gasteiger partial charge in [0.1, 0.15) is 0 Å². The number of nitrogens with two attached hydrogens (primary N) is 1. The summed E-state index contributed by atoms with van der Waals surface area (Å²) >= 11 is 0. The fourth-order valence-corrected chi connectivity index (χ4v) is 1.17. The molecule has 0 aromatic carbocycles. The van der Waals surface area contributed by atoms with Crippen molar-refractivity contribution in [1.29, 1.82) is 0 Å². The van der Waals surface area contributed by atoms with Gasteiger partial charge in [-0.1, -0.05) is 0 Å². The highest BCUT2D eigenvalue weighted by Gasteiger charge is 2.20. The molecule has 0 spiro atoms. The maximum Gasteiger partial charge on any atom is 0.318 e. The Kier molecular flexibility index (Phi) is 6.19. The number of amides is 4. The number of rotatable bonds is 5. The molecule has 0 aliphatic carbocycles. The van der Waals surface area contributed by atoms with Gasteiger partial charge in [0.2, 0.25) is 11.8 Å². The van der Waals surface area contributed by atoms with Gasteiger partial charge in [-0.25, -0.2) is 4.79 Å². The largest absolute Gasteiger partial charge is 0.353 e. The van der Waals surface area contributed by atoms with Crippen molar-refractivity contribution in [2.75, 3.05) is 0 Å². The van der Waals surface area contributed by atoms with Crippen LogP contribution < -0.4 is 21.7 Å². The molecule has 2 atom stereocenters. The lowest BCUT2D eigenvalue weighted by atomic mass is 10.2. The van der Waals surface area contributed by atoms with Crippen molar-refractivity contribution in [2.45, 2.75) is 45.8 Å². The third-order valence-electron chi connectivity index (χ3n) is 1.96. The summed E-state index contributed by atoms with van der Waals surface area (Å²) in [5.74, 6) is -0.777. The van der Waals surface area contributed by atoms with Crippen molar-refractivity contribution >= 4 is 17.8 Å². The zero-order valence-corrected chi connectivity index (χ0v) is 10.5. The summed E-state index contributed by atoms with van der Waals surface area (Å²) < 4.78 is 0. The number of carbonyl (C=O) groups is 3. The van der Waals surface area contributed by atoms with Crippen LogP contribution in [0.4, 0.5) is 4.79 Å². The van der Waals surface area contributed by atoms with Crippen LogP contribution in [0.5, 0.6) is 0 Å². The molecule has 0 fully saturated rings. The molecule has 2 unspecified atom stereocenters. The summed E-state index contributed by atoms with van der Waals surface area (Å²) in [6, 6.07) is -2.11. The number of carbonyl (C=O) groups excluding carboxylic acids is 3. The van der Waals surface area contributed by atoms with Crippen LogP contribution in [0.25, 0.3) is 0 Å². The number of primary amides is 1. The number of hydrogen-bond acceptors (Lipinski definition) is 4. The van der Waals surface area contributed by atoms with Gasteiger partial charge < -0.3 is 11.1 Å². The van der Waals surface area contributed by atoms with Crippen molar-refractivity contribution < 1.29 is 14.4 Å². The molecule has 0 heterocycles. The predicted octanol–water partition coefficient (Wildman–Crippen LogP) is -0.927. The molecule has 7 heteroatoms. The lowest BCUT2D eigenvalue weighted by molar-refractivity contribution is -0.124. The first-order chi connectivity index (χ1) is 7.73. The van der Waals surface area contributed by atoms with Crippen LogP contribution in [0.15, 0.2) is 0 Å². The van der Waals surface area contributed by atoms with Crippen LogP contribution in [-0.2, 0) is 9.59 Å². The minimum atomic E-state index is -0.914. The lowest BCUT2D eigenvalue weighted by Crippen LogP contribution is -2.53. The minimum Gasteiger partial charge on any atom is -0.353 e. The Morgan fingerprint density at radius 1 is 0.941 bits per heavy atom. The standard InChI is InChI=1S/C10H20N4O3/c1-5(2)12-8(15)6(3)13-7(4)9(16)14-10(11)17/h5-7,13H,1-4H3,(H,12,15)(H3,11,14,16,17). The number of hydrogen-bond donors (Lipinski definition) is 4. The molecule has 0 aliphatic heterocycles. The van der Waals surface area contributed by atoms with Gasteiger partial charge in [0.15, 0.2) is 0 Å². The molecule has 0 rings (SSSR count). The molecule has 0 aromatic heterocycles. The fraction of sp³-hybridized carbons (Fsp3) is 0.700. The summed E-state index contributed by atoms with van der Waals surface area (Å²) in [7, 11) is 0. The first-order valence-corrected chi connectivity index (χ1v) is 5.40. The fourth-order valence-electron chi connectivity index (χ4n) is 1.17. The van der Waals surface area contributed by atoms with Crippen LogP contribution >= 0.6 is 0 Å². The molecule has 17 heavy (non-hydrogen) atoms. The highest BCUT2D eigenvalue weighted by molar-refractivity contribution is 5.96. The Morgan fingerprint density at radius 2 is 1.41 bits per heavy atom. The van der Waals surface area contributed by atoms with Gasteiger partial charge in [-0.2, -0.15) is 0 Å². The molecule has 0 bridgehead atoms. The average molecular weight is 244 g/mol. The average Bonchev–Trinajstić information content (AvgIpc) is 2.15. The molecule has 7 nitrogen and oxygen atoms in total. The predicted molar refractivity (Wildman–Crippen MR) is 63.1 cm³/mol. The van der Waals surface area contributed by atoms with E-state index in [9.17, 15) is 14.4 Å². The van der Waals surface area contributed by atoms with Gasteiger partial charge in [-0.15, -0.1) is 0 Å². The maximum absolute atomic E-state index is 11.5. The van der Waals surface area contributed by atoms with Crippen molar-refractivity contribution in [1.82, 2.24) is 16.0 Å². The monoisotopic (exact) mass is 244 g/mol. The quantitative estimate of drug-likeness (QED) is 0.500. The van der Waals surface area contributed by atoms with Gasteiger partial charge in [0.25, 0.3) is 0 Å². The molecular formula is C10H20N4O3. The summed E-state index contributed by atoms with van der Waals surface area (Å²) in [5, 5.41) is 7.39. The van der Waals surface area contributed by atoms with Gasteiger partial charge in [0.05, 0.1) is 12.1 Å². The van der Waals surface area contributed by atoms with Crippen molar-refractivity contribution in [3.8, 4) is 0 Å². The summed E-state index contributed by atoms with van der Waals surface area (Å²) in [4.78, 5) is 33.3. The van der Waals surface area contributed by atoms with Crippen LogP contribution in [0.2, 0.25) is 0 Å². The van der Waals surface area contributed by atoms with Gasteiger partial charge in [0, 0.05) is 6.04 Å². The first kappa shape index (κ1) is 15.4. The topological polar surface area (TPSA) is 113 Å². The summed E-state index contributed by atoms with van der Waals surface area (Å²) in [6.45, 7) is 6.85. The Hall–Kier alpha value is -1.63. The molecule has 0 radical (unpaired) electrons. The number of imide groups is 1. The Morgan fingerprint density at radius 3 is 1.82 bits per heavy atom. The highest BCUT2D eigenvalue weighted by Crippen LogP contribution is 1.90. The summed E-state index contributed by atoms with van der Waals surface area (Å²) in [5.41, 5.74) is 4.81. The Labute approximate surface area is 100 Å². The second kappa shape index (κ2) is 6.85. The smallest absolute Gasteiger partial charge is 0.318 e. The molecule has 0 aromatic rings. The zero-order chi connectivity index (χ0) is 13.6. The second-order valence-corrected chi connectivity index (χ2v) is 4.13. The van der Waals surface area contributed by atoms with Crippen LogP contribution in [0.1, 0.15) is 27.7 Å². The Balaban J connectivity index is 4.19. The van der Waals surface area contributed by atoms with Gasteiger partial charge in [-0.3, -0.25) is 20.2 Å². The van der Waals surface area contributed by atoms with E-state index in [4.69, 9.17) is 5.73 Å². The highest BCUT2D eigenvalue weighted by atomic mass is 16.2. The third kappa shape index (κ3) is 6.52. The van der Waals surface area contributed by atoms with Crippen LogP contribution in [0, 0.1) is 0 Å². The van der Waals surface area contributed by atoms with Crippen LogP contribution in [-0.4, -0.2) is 36.0 Å². The summed E-state index contributed by atoms with van der Waals surface area (Å²) in [6.07, 6.45) is 0. The minimum absolute atomic E-state index is 0.0292. The van der Waals surface area contributed by atoms with E-state index in [0.717, 1.165) is 0 Å². The molecule has 0 saturated heterocycles. The molecular weight excluding hydrogens is 224 g/mol. The van der Waals surface area contributed by atoms with E-state index >= 15 is 0 Å². The lowest BCUT2D eigenvalue weighted by Gasteiger charge is -2.19. The van der Waals surface area contributed by atoms with E-state index in [1.807, 2.05) is 19.2 Å². The van der Waals surface area contributed by atoms with Crippen molar-refractivity contribution in [2.24, 2.45) is 5.73 Å². The zero-order valence-electron chi connectivity index (χ0n) is 10.5. The van der Waals surface area contributed by atoms with E-state index in [0.29, 0.717) is 0 Å². The molecule has 5 N–H and O–H groups in total. The van der Waals surface area contributed by atoms with E-state index in [1.54, 1.807) is 6.92 Å². The SMILES string of the molecule is CC(C)NC(=O)C(C)NC(C)C(=O)NC(N)=O. The Bertz CT molecular complexity index is 304. The van der Waals surface area contributed by atoms with Gasteiger partial charge >= 0.3 is 6.03 Å². The van der Waals surface area contributed by atoms with E-state index in [1.165, 1.54) is 6.92 Å². The normalized spacial score (nSPS) is 13.9. The van der Waals surface area contributed by atoms with Crippen LogP contribution in [0.3, 0.4) is 0 Å². The third-order valence-corrected chi connectivity index (χ3v) is 1.96. The number of urea groups is 1. The molecule has 98 valence electrons. The molecule has 0 aliphatic rings. The van der Waals surface area contributed by atoms with Crippen molar-refractivity contribution in [3.63, 3.8) is 0 Å². The van der Waals surface area contributed by atoms with E-state index < -0.39 is 24.0 Å². The molecule has 0 saturated carbocycles.